The third-order valence-corrected chi connectivity index (χ3v) is 11.8. The van der Waals surface area contributed by atoms with Gasteiger partial charge in [0.25, 0.3) is 0 Å². The van der Waals surface area contributed by atoms with E-state index in [9.17, 15) is 0 Å². The van der Waals surface area contributed by atoms with Crippen molar-refractivity contribution in [1.82, 2.24) is 0 Å². The molecule has 2 aliphatic rings. The summed E-state index contributed by atoms with van der Waals surface area (Å²) in [5.41, 5.74) is 21.2. The zero-order valence-corrected chi connectivity index (χ0v) is 29.8. The molecule has 11 rings (SSSR count). The summed E-state index contributed by atoms with van der Waals surface area (Å²) in [5, 5.41) is 2.71. The van der Waals surface area contributed by atoms with E-state index in [2.05, 4.69) is 206 Å². The van der Waals surface area contributed by atoms with Crippen molar-refractivity contribution in [2.75, 3.05) is 0 Å². The summed E-state index contributed by atoms with van der Waals surface area (Å²) in [7, 11) is 0. The third kappa shape index (κ3) is 4.77. The molecule has 54 heavy (non-hydrogen) atoms. The molecule has 2 unspecified atom stereocenters. The van der Waals surface area contributed by atoms with Gasteiger partial charge in [-0.3, -0.25) is 0 Å². The molecule has 0 N–H and O–H groups in total. The second-order valence-electron chi connectivity index (χ2n) is 14.7. The summed E-state index contributed by atoms with van der Waals surface area (Å²) >= 11 is 0. The van der Waals surface area contributed by atoms with Gasteiger partial charge in [-0.25, -0.2) is 0 Å². The van der Waals surface area contributed by atoms with Crippen molar-refractivity contribution in [3.05, 3.63) is 240 Å². The lowest BCUT2D eigenvalue weighted by molar-refractivity contribution is 1.02. The van der Waals surface area contributed by atoms with E-state index < -0.39 is 0 Å². The Bertz CT molecular complexity index is 2790. The Hall–Kier alpha value is -6.76. The Morgan fingerprint density at radius 1 is 0.259 bits per heavy atom. The van der Waals surface area contributed by atoms with Gasteiger partial charge >= 0.3 is 0 Å². The van der Waals surface area contributed by atoms with Crippen LogP contribution < -0.4 is 0 Å². The molecule has 0 aliphatic heterocycles. The molecular formula is C54H36. The number of benzene rings is 9. The third-order valence-electron chi connectivity index (χ3n) is 11.8. The van der Waals surface area contributed by atoms with Crippen molar-refractivity contribution in [2.45, 2.75) is 11.8 Å². The first kappa shape index (κ1) is 30.8. The molecule has 0 saturated carbocycles. The normalized spacial score (nSPS) is 15.0. The predicted molar refractivity (Wildman–Crippen MR) is 226 cm³/mol. The van der Waals surface area contributed by atoms with Gasteiger partial charge in [0, 0.05) is 11.8 Å². The first-order valence-electron chi connectivity index (χ1n) is 19.0. The van der Waals surface area contributed by atoms with E-state index in [0.29, 0.717) is 0 Å². The van der Waals surface area contributed by atoms with E-state index in [4.69, 9.17) is 0 Å². The topological polar surface area (TPSA) is 0 Å². The van der Waals surface area contributed by atoms with Crippen molar-refractivity contribution in [3.63, 3.8) is 0 Å². The van der Waals surface area contributed by atoms with Crippen LogP contribution >= 0.6 is 0 Å². The Balaban J connectivity index is 1.10. The molecule has 2 atom stereocenters. The van der Waals surface area contributed by atoms with Crippen molar-refractivity contribution >= 4 is 10.8 Å². The monoisotopic (exact) mass is 684 g/mol. The zero-order valence-electron chi connectivity index (χ0n) is 29.8. The summed E-state index contributed by atoms with van der Waals surface area (Å²) in [6.45, 7) is 0. The Morgan fingerprint density at radius 3 is 1.07 bits per heavy atom. The summed E-state index contributed by atoms with van der Waals surface area (Å²) in [6, 6.07) is 76.4. The summed E-state index contributed by atoms with van der Waals surface area (Å²) in [5.74, 6) is 0.310. The maximum atomic E-state index is 2.38. The lowest BCUT2D eigenvalue weighted by Gasteiger charge is -2.22. The maximum absolute atomic E-state index is 2.38. The standard InChI is InChI=1S/C54H36/c1-4-16-35(17-5-1)40-32-41(36-18-6-2-7-19-36)34-42(33-40)37-28-30-39(31-29-37)50-44-23-11-13-25-46(44)54-52(50)48-27-15-14-26-47(48)51-49(38-20-8-3-9-21-38)43-22-10-12-24-45(43)53(51)54/h1-34,49-50H. The number of hydrogen-bond donors (Lipinski definition) is 0. The van der Waals surface area contributed by atoms with Crippen molar-refractivity contribution in [3.8, 4) is 55.6 Å². The quantitative estimate of drug-likeness (QED) is 0.169. The Morgan fingerprint density at radius 2 is 0.611 bits per heavy atom. The lowest BCUT2D eigenvalue weighted by Crippen LogP contribution is -2.03. The average molecular weight is 685 g/mol. The van der Waals surface area contributed by atoms with E-state index in [1.165, 1.54) is 99.8 Å². The van der Waals surface area contributed by atoms with E-state index >= 15 is 0 Å². The molecule has 0 fully saturated rings. The van der Waals surface area contributed by atoms with Crippen LogP contribution in [0, 0.1) is 0 Å². The van der Waals surface area contributed by atoms with Gasteiger partial charge in [0.15, 0.2) is 0 Å². The van der Waals surface area contributed by atoms with E-state index in [1.807, 2.05) is 0 Å². The highest BCUT2D eigenvalue weighted by atomic mass is 14.4. The molecule has 0 bridgehead atoms. The molecule has 252 valence electrons. The van der Waals surface area contributed by atoms with Crippen molar-refractivity contribution in [1.29, 1.82) is 0 Å². The maximum Gasteiger partial charge on any atom is 0.0358 e. The van der Waals surface area contributed by atoms with Crippen LogP contribution in [0.2, 0.25) is 0 Å². The molecule has 0 aromatic heterocycles. The molecule has 0 spiro atoms. The molecule has 0 nitrogen and oxygen atoms in total. The second-order valence-corrected chi connectivity index (χ2v) is 14.7. The number of rotatable bonds is 5. The van der Waals surface area contributed by atoms with Gasteiger partial charge in [-0.1, -0.05) is 188 Å². The van der Waals surface area contributed by atoms with E-state index in [0.717, 1.165) is 0 Å². The van der Waals surface area contributed by atoms with Crippen molar-refractivity contribution in [2.24, 2.45) is 0 Å². The van der Waals surface area contributed by atoms with Gasteiger partial charge in [-0.15, -0.1) is 0 Å². The zero-order chi connectivity index (χ0) is 35.6. The van der Waals surface area contributed by atoms with Crippen molar-refractivity contribution < 1.29 is 0 Å². The Labute approximate surface area is 316 Å². The van der Waals surface area contributed by atoms with Gasteiger partial charge in [-0.2, -0.15) is 0 Å². The smallest absolute Gasteiger partial charge is 0.0358 e. The van der Waals surface area contributed by atoms with Crippen LogP contribution in [0.15, 0.2) is 206 Å². The van der Waals surface area contributed by atoms with Crippen LogP contribution in [0.3, 0.4) is 0 Å². The molecule has 0 amide bonds. The first-order chi connectivity index (χ1) is 26.8. The molecule has 9 aromatic rings. The van der Waals surface area contributed by atoms with Crippen LogP contribution in [0.4, 0.5) is 0 Å². The minimum atomic E-state index is 0.124. The lowest BCUT2D eigenvalue weighted by atomic mass is 9.81. The molecule has 0 saturated heterocycles. The van der Waals surface area contributed by atoms with Gasteiger partial charge < -0.3 is 0 Å². The Kier molecular flexibility index (Phi) is 7.10. The van der Waals surface area contributed by atoms with Crippen LogP contribution in [-0.2, 0) is 0 Å². The van der Waals surface area contributed by atoms with Gasteiger partial charge in [0.05, 0.1) is 0 Å². The van der Waals surface area contributed by atoms with Gasteiger partial charge in [0.1, 0.15) is 0 Å². The fourth-order valence-corrected chi connectivity index (χ4v) is 9.51. The van der Waals surface area contributed by atoms with Gasteiger partial charge in [0.2, 0.25) is 0 Å². The van der Waals surface area contributed by atoms with E-state index in [-0.39, 0.29) is 11.8 Å². The minimum Gasteiger partial charge on any atom is -0.0622 e. The molecular weight excluding hydrogens is 649 g/mol. The molecule has 2 aliphatic carbocycles. The van der Waals surface area contributed by atoms with Crippen LogP contribution in [-0.4, -0.2) is 0 Å². The van der Waals surface area contributed by atoms with Gasteiger partial charge in [-0.05, 0) is 118 Å². The highest BCUT2D eigenvalue weighted by Crippen LogP contribution is 2.61. The second kappa shape index (κ2) is 12.4. The molecule has 9 aromatic carbocycles. The SMILES string of the molecule is c1ccc(-c2cc(-c3ccccc3)cc(-c3ccc(C4c5ccccc5-c5c6c(c7ccccc7c54)C(c4ccccc4)c4ccccc4-6)cc3)c2)cc1. The minimum absolute atomic E-state index is 0.124. The molecule has 0 heteroatoms. The summed E-state index contributed by atoms with van der Waals surface area (Å²) in [4.78, 5) is 0. The molecule has 0 radical (unpaired) electrons. The highest BCUT2D eigenvalue weighted by Gasteiger charge is 2.40. The largest absolute Gasteiger partial charge is 0.0622 e. The molecule has 0 heterocycles. The number of fused-ring (bicyclic) bond motifs is 10. The fraction of sp³-hybridized carbons (Fsp3) is 0.0370. The first-order valence-corrected chi connectivity index (χ1v) is 19.0. The highest BCUT2D eigenvalue weighted by molar-refractivity contribution is 6.10. The summed E-state index contributed by atoms with van der Waals surface area (Å²) in [6.07, 6.45) is 0. The van der Waals surface area contributed by atoms with Crippen LogP contribution in [0.5, 0.6) is 0 Å². The average Bonchev–Trinajstić information content (AvgIpc) is 3.79. The van der Waals surface area contributed by atoms with Crippen LogP contribution in [0.1, 0.15) is 45.2 Å². The predicted octanol–water partition coefficient (Wildman–Crippen LogP) is 14.2. The number of hydrogen-bond acceptors (Lipinski definition) is 0. The fourth-order valence-electron chi connectivity index (χ4n) is 9.51. The van der Waals surface area contributed by atoms with Crippen LogP contribution in [0.25, 0.3) is 66.4 Å². The summed E-state index contributed by atoms with van der Waals surface area (Å²) < 4.78 is 0. The van der Waals surface area contributed by atoms with E-state index in [1.54, 1.807) is 0 Å².